The standard InChI is InChI=1S/C18H18N6O4.H2O4S/c19-18-7-4-10-22(18)12-16(13-5-2-1-3-6-13)21-20-15-9-8-14(23(25)26)11-17(15)24(27)28;1-5(2,3)4/h1-3,5-6,8-9,11,19-20H,4,7,10,12H2;(H2,1,2,3,4)/b21-16+;. The van der Waals surface area contributed by atoms with Gasteiger partial charge in [0.2, 0.25) is 16.2 Å². The molecule has 0 spiro atoms. The lowest BCUT2D eigenvalue weighted by Crippen LogP contribution is -2.28. The van der Waals surface area contributed by atoms with Crippen molar-refractivity contribution in [1.82, 2.24) is 0 Å². The Labute approximate surface area is 187 Å². The zero-order chi connectivity index (χ0) is 24.6. The van der Waals surface area contributed by atoms with Crippen molar-refractivity contribution >= 4 is 39.0 Å². The van der Waals surface area contributed by atoms with E-state index in [1.165, 1.54) is 12.1 Å². The van der Waals surface area contributed by atoms with Gasteiger partial charge in [-0.15, -0.1) is 0 Å². The molecule has 14 nitrogen and oxygen atoms in total. The van der Waals surface area contributed by atoms with Crippen molar-refractivity contribution in [2.24, 2.45) is 10.8 Å². The molecular weight excluding hydrogens is 460 g/mol. The number of nitrogens with zero attached hydrogens (tertiary/aromatic N) is 4. The van der Waals surface area contributed by atoms with Crippen molar-refractivity contribution in [3.05, 3.63) is 74.3 Å². The summed E-state index contributed by atoms with van der Waals surface area (Å²) >= 11 is 0. The van der Waals surface area contributed by atoms with E-state index < -0.39 is 25.9 Å². The zero-order valence-corrected chi connectivity index (χ0v) is 17.8. The molecule has 176 valence electrons. The molecule has 2 aromatic rings. The molecule has 0 atom stereocenters. The lowest BCUT2D eigenvalue weighted by atomic mass is 10.1. The van der Waals surface area contributed by atoms with Crippen LogP contribution in [0.2, 0.25) is 0 Å². The molecule has 1 aliphatic rings. The van der Waals surface area contributed by atoms with Crippen LogP contribution in [-0.4, -0.2) is 56.6 Å². The molecule has 3 rings (SSSR count). The predicted octanol–water partition coefficient (Wildman–Crippen LogP) is 1.49. The third-order valence-electron chi connectivity index (χ3n) is 4.41. The number of rotatable bonds is 7. The summed E-state index contributed by atoms with van der Waals surface area (Å²) in [5.74, 6) is 0.782. The third-order valence-corrected chi connectivity index (χ3v) is 4.41. The minimum atomic E-state index is -4.92. The summed E-state index contributed by atoms with van der Waals surface area (Å²) in [6.07, 6.45) is 1.79. The molecule has 1 heterocycles. The van der Waals surface area contributed by atoms with Crippen molar-refractivity contribution in [1.29, 1.82) is 0 Å². The number of anilines is 1. The van der Waals surface area contributed by atoms with E-state index in [1.807, 2.05) is 34.9 Å². The first-order valence-corrected chi connectivity index (χ1v) is 10.7. The molecule has 0 saturated carbocycles. The molecule has 0 radical (unpaired) electrons. The number of nitrogens with one attached hydrogen (secondary N) is 1. The fourth-order valence-electron chi connectivity index (χ4n) is 2.94. The van der Waals surface area contributed by atoms with Gasteiger partial charge < -0.3 is 4.55 Å². The Kier molecular flexibility index (Phi) is 8.49. The predicted molar refractivity (Wildman–Crippen MR) is 117 cm³/mol. The van der Waals surface area contributed by atoms with Gasteiger partial charge in [0, 0.05) is 11.6 Å². The van der Waals surface area contributed by atoms with Crippen LogP contribution in [0.1, 0.15) is 18.4 Å². The molecule has 0 fully saturated rings. The third kappa shape index (κ3) is 8.24. The Morgan fingerprint density at radius 2 is 1.79 bits per heavy atom. The largest absolute Gasteiger partial charge is 0.726 e. The van der Waals surface area contributed by atoms with Crippen LogP contribution >= 0.6 is 0 Å². The molecule has 0 amide bonds. The van der Waals surface area contributed by atoms with Gasteiger partial charge in [0.1, 0.15) is 17.9 Å². The molecule has 0 aliphatic carbocycles. The van der Waals surface area contributed by atoms with Gasteiger partial charge in [0.05, 0.1) is 28.9 Å². The first kappa shape index (κ1) is 25.3. The highest BCUT2D eigenvalue weighted by Gasteiger charge is 2.21. The molecule has 1 aliphatic heterocycles. The molecular formula is C18H20N6O8S. The number of hydrogen-bond donors (Lipinski definition) is 3. The highest BCUT2D eigenvalue weighted by Crippen LogP contribution is 2.29. The number of nitro groups is 2. The van der Waals surface area contributed by atoms with Crippen molar-refractivity contribution in [3.63, 3.8) is 0 Å². The number of hydrazone groups is 1. The summed E-state index contributed by atoms with van der Waals surface area (Å²) in [6, 6.07) is 12.8. The molecule has 15 heteroatoms. The van der Waals surface area contributed by atoms with E-state index in [-0.39, 0.29) is 11.4 Å². The van der Waals surface area contributed by atoms with Crippen LogP contribution in [0.4, 0.5) is 17.1 Å². The molecule has 0 aromatic heterocycles. The van der Waals surface area contributed by atoms with E-state index >= 15 is 0 Å². The van der Waals surface area contributed by atoms with Gasteiger partial charge >= 0.3 is 5.69 Å². The highest BCUT2D eigenvalue weighted by atomic mass is 32.3. The number of hydrogen-bond acceptors (Lipinski definition) is 10. The van der Waals surface area contributed by atoms with Crippen molar-refractivity contribution in [2.75, 3.05) is 18.5 Å². The maximum atomic E-state index is 11.3. The Balaban J connectivity index is 0.000000696. The smallest absolute Gasteiger partial charge is 0.301 e. The zero-order valence-electron chi connectivity index (χ0n) is 17.0. The maximum absolute atomic E-state index is 11.3. The van der Waals surface area contributed by atoms with Crippen LogP contribution in [0.15, 0.2) is 53.6 Å². The number of amidine groups is 1. The second kappa shape index (κ2) is 11.1. The summed E-state index contributed by atoms with van der Waals surface area (Å²) in [7, 11) is -4.92. The van der Waals surface area contributed by atoms with Gasteiger partial charge in [-0.3, -0.25) is 40.5 Å². The van der Waals surface area contributed by atoms with E-state index in [0.717, 1.165) is 36.9 Å². The Bertz CT molecular complexity index is 1190. The fraction of sp³-hybridized carbons (Fsp3) is 0.222. The second-order valence-corrected chi connectivity index (χ2v) is 7.55. The van der Waals surface area contributed by atoms with Crippen LogP contribution in [0.5, 0.6) is 0 Å². The first-order valence-electron chi connectivity index (χ1n) is 9.31. The van der Waals surface area contributed by atoms with Gasteiger partial charge in [-0.25, -0.2) is 8.42 Å². The minimum absolute atomic E-state index is 0.0717. The molecule has 0 unspecified atom stereocenters. The topological polar surface area (TPSA) is 217 Å². The minimum Gasteiger partial charge on any atom is -0.726 e. The van der Waals surface area contributed by atoms with Crippen LogP contribution < -0.4 is 11.2 Å². The highest BCUT2D eigenvalue weighted by molar-refractivity contribution is 7.79. The van der Waals surface area contributed by atoms with Crippen LogP contribution in [-0.2, 0) is 10.4 Å². The monoisotopic (exact) mass is 480 g/mol. The van der Waals surface area contributed by atoms with Crippen molar-refractivity contribution in [3.8, 4) is 0 Å². The van der Waals surface area contributed by atoms with Crippen molar-refractivity contribution < 1.29 is 31.9 Å². The number of benzene rings is 2. The summed E-state index contributed by atoms with van der Waals surface area (Å²) < 4.78 is 34.8. The Hall–Kier alpha value is -3.95. The quantitative estimate of drug-likeness (QED) is 0.129. The maximum Gasteiger partial charge on any atom is 0.301 e. The summed E-state index contributed by atoms with van der Waals surface area (Å²) in [5, 5.41) is 26.5. The SMILES string of the molecule is NC1=[N+](C/C(=N\Nc2ccc([N+](=O)[O-])cc2[N+](=O)[O-])c2ccccc2)CCC1.O=S(=O)([O-])O. The van der Waals surface area contributed by atoms with Gasteiger partial charge in [-0.05, 0) is 12.5 Å². The Morgan fingerprint density at radius 3 is 2.30 bits per heavy atom. The molecule has 33 heavy (non-hydrogen) atoms. The van der Waals surface area contributed by atoms with Gasteiger partial charge in [0.25, 0.3) is 5.69 Å². The second-order valence-electron chi connectivity index (χ2n) is 6.70. The van der Waals surface area contributed by atoms with Crippen molar-refractivity contribution in [2.45, 2.75) is 12.8 Å². The first-order chi connectivity index (χ1) is 15.5. The summed E-state index contributed by atoms with van der Waals surface area (Å²) in [6.45, 7) is 1.26. The van der Waals surface area contributed by atoms with Gasteiger partial charge in [-0.2, -0.15) is 5.10 Å². The van der Waals surface area contributed by atoms with Crippen LogP contribution in [0, 0.1) is 20.2 Å². The van der Waals surface area contributed by atoms with Crippen LogP contribution in [0.3, 0.4) is 0 Å². The van der Waals surface area contributed by atoms with E-state index in [9.17, 15) is 20.2 Å². The van der Waals surface area contributed by atoms with Crippen LogP contribution in [0.25, 0.3) is 0 Å². The molecule has 4 N–H and O–H groups in total. The van der Waals surface area contributed by atoms with E-state index in [2.05, 4.69) is 10.5 Å². The molecule has 0 bridgehead atoms. The van der Waals surface area contributed by atoms with Gasteiger partial charge in [-0.1, -0.05) is 30.3 Å². The lowest BCUT2D eigenvalue weighted by molar-refractivity contribution is -0.505. The lowest BCUT2D eigenvalue weighted by Gasteiger charge is -2.09. The fourth-order valence-corrected chi connectivity index (χ4v) is 2.94. The number of nitro benzene ring substituents is 2. The Morgan fingerprint density at radius 1 is 1.15 bits per heavy atom. The molecule has 2 aromatic carbocycles. The van der Waals surface area contributed by atoms with E-state index in [1.54, 1.807) is 0 Å². The summed E-state index contributed by atoms with van der Waals surface area (Å²) in [5.41, 5.74) is 9.52. The summed E-state index contributed by atoms with van der Waals surface area (Å²) in [4.78, 5) is 20.8. The molecule has 0 saturated heterocycles. The number of non-ortho nitro benzene ring substituents is 1. The van der Waals surface area contributed by atoms with E-state index in [4.69, 9.17) is 23.3 Å². The van der Waals surface area contributed by atoms with E-state index in [0.29, 0.717) is 12.3 Å². The average Bonchev–Trinajstić information content (AvgIpc) is 3.14. The average molecular weight is 480 g/mol. The normalized spacial score (nSPS) is 13.8. The number of nitrogens with two attached hydrogens (primary N) is 1. The van der Waals surface area contributed by atoms with Gasteiger partial charge in [0.15, 0.2) is 0 Å².